The van der Waals surface area contributed by atoms with Crippen molar-refractivity contribution in [3.63, 3.8) is 0 Å². The van der Waals surface area contributed by atoms with Gasteiger partial charge in [0.2, 0.25) is 0 Å². The zero-order valence-electron chi connectivity index (χ0n) is 17.8. The molecule has 0 bridgehead atoms. The second-order valence-electron chi connectivity index (χ2n) is 7.10. The highest BCUT2D eigenvalue weighted by molar-refractivity contribution is 7.93. The first-order chi connectivity index (χ1) is 14.9. The fraction of sp³-hybridized carbons (Fsp3) is 0.391. The maximum absolute atomic E-state index is 13.7. The number of nitrogens with two attached hydrogens (primary N) is 1. The predicted octanol–water partition coefficient (Wildman–Crippen LogP) is 3.24. The third kappa shape index (κ3) is 5.84. The number of hydrogen-bond acceptors (Lipinski definition) is 7. The molecule has 2 rings (SSSR count). The molecule has 8 heteroatoms. The molecular formula is C23H28N2O5S. The highest BCUT2D eigenvalue weighted by Gasteiger charge is 2.52. The highest BCUT2D eigenvalue weighted by atomic mass is 32.2. The Morgan fingerprint density at radius 3 is 2.48 bits per heavy atom. The van der Waals surface area contributed by atoms with Crippen LogP contribution in [0.1, 0.15) is 44.6 Å². The Morgan fingerprint density at radius 1 is 1.16 bits per heavy atom. The first kappa shape index (κ1) is 24.4. The molecule has 0 saturated heterocycles. The SMILES string of the molecule is CCCCCC#CCC(Cc1cccnc1)(C(=O)ON)S(=O)(=O)c1ccc(OC)cc1. The van der Waals surface area contributed by atoms with Crippen LogP contribution in [0.25, 0.3) is 0 Å². The number of unbranched alkanes of at least 4 members (excludes halogenated alkanes) is 3. The van der Waals surface area contributed by atoms with Gasteiger partial charge in [0.15, 0.2) is 14.6 Å². The van der Waals surface area contributed by atoms with Crippen molar-refractivity contribution in [2.75, 3.05) is 7.11 Å². The Hall–Kier alpha value is -2.89. The van der Waals surface area contributed by atoms with Crippen LogP contribution in [0.4, 0.5) is 0 Å². The summed E-state index contributed by atoms with van der Waals surface area (Å²) in [5, 5.41) is 0. The molecule has 0 radical (unpaired) electrons. The Labute approximate surface area is 183 Å². The summed E-state index contributed by atoms with van der Waals surface area (Å²) in [6.45, 7) is 2.09. The Balaban J connectivity index is 2.54. The van der Waals surface area contributed by atoms with Crippen molar-refractivity contribution in [1.82, 2.24) is 4.98 Å². The second-order valence-corrected chi connectivity index (χ2v) is 9.36. The van der Waals surface area contributed by atoms with Crippen LogP contribution in [-0.2, 0) is 25.9 Å². The minimum Gasteiger partial charge on any atom is -0.497 e. The van der Waals surface area contributed by atoms with E-state index in [1.807, 2.05) is 0 Å². The van der Waals surface area contributed by atoms with Gasteiger partial charge in [-0.05, 0) is 42.3 Å². The minimum atomic E-state index is -4.23. The summed E-state index contributed by atoms with van der Waals surface area (Å²) in [6, 6.07) is 9.20. The lowest BCUT2D eigenvalue weighted by molar-refractivity contribution is -0.147. The van der Waals surface area contributed by atoms with Gasteiger partial charge in [0, 0.05) is 31.7 Å². The number of sulfone groups is 1. The molecule has 2 N–H and O–H groups in total. The summed E-state index contributed by atoms with van der Waals surface area (Å²) in [6.07, 6.45) is 6.27. The topological polar surface area (TPSA) is 109 Å². The molecule has 0 fully saturated rings. The second kappa shape index (κ2) is 11.5. The summed E-state index contributed by atoms with van der Waals surface area (Å²) >= 11 is 0. The predicted molar refractivity (Wildman–Crippen MR) is 118 cm³/mol. The number of aromatic nitrogens is 1. The number of carbonyl (C=O) groups is 1. The van der Waals surface area contributed by atoms with E-state index in [0.29, 0.717) is 17.7 Å². The van der Waals surface area contributed by atoms with Crippen LogP contribution in [0.3, 0.4) is 0 Å². The van der Waals surface area contributed by atoms with Crippen LogP contribution in [0, 0.1) is 11.8 Å². The van der Waals surface area contributed by atoms with Crippen molar-refractivity contribution < 1.29 is 22.8 Å². The molecule has 1 aromatic carbocycles. The molecule has 7 nitrogen and oxygen atoms in total. The average Bonchev–Trinajstić information content (AvgIpc) is 2.80. The standard InChI is InChI=1S/C23H28N2O5S/c1-3-4-5-6-7-8-15-23(22(26)30-24,17-19-10-9-16-25-18-19)31(27,28)21-13-11-20(29-2)12-14-21/h9-14,16,18H,3-6,15,17,24H2,1-2H3. The number of nitrogens with zero attached hydrogens (tertiary/aromatic N) is 1. The molecule has 31 heavy (non-hydrogen) atoms. The van der Waals surface area contributed by atoms with Crippen molar-refractivity contribution in [3.05, 3.63) is 54.4 Å². The number of hydrogen-bond donors (Lipinski definition) is 1. The van der Waals surface area contributed by atoms with Crippen LogP contribution in [0.2, 0.25) is 0 Å². The van der Waals surface area contributed by atoms with Crippen molar-refractivity contribution in [1.29, 1.82) is 0 Å². The molecule has 2 aromatic rings. The van der Waals surface area contributed by atoms with Gasteiger partial charge in [0.1, 0.15) is 5.75 Å². The fourth-order valence-corrected chi connectivity index (χ4v) is 5.02. The average molecular weight is 445 g/mol. The molecule has 1 atom stereocenters. The lowest BCUT2D eigenvalue weighted by Gasteiger charge is -2.28. The smallest absolute Gasteiger partial charge is 0.347 e. The van der Waals surface area contributed by atoms with Crippen LogP contribution in [-0.4, -0.2) is 31.2 Å². The lowest BCUT2D eigenvalue weighted by atomic mass is 9.96. The van der Waals surface area contributed by atoms with E-state index in [-0.39, 0.29) is 17.7 Å². The van der Waals surface area contributed by atoms with E-state index in [0.717, 1.165) is 19.3 Å². The van der Waals surface area contributed by atoms with Gasteiger partial charge >= 0.3 is 5.97 Å². The van der Waals surface area contributed by atoms with Crippen LogP contribution < -0.4 is 10.6 Å². The number of rotatable bonds is 10. The Kier molecular flexibility index (Phi) is 9.03. The fourth-order valence-electron chi connectivity index (χ4n) is 3.18. The van der Waals surface area contributed by atoms with Gasteiger partial charge in [-0.15, -0.1) is 11.8 Å². The molecule has 0 saturated carbocycles. The summed E-state index contributed by atoms with van der Waals surface area (Å²) in [4.78, 5) is 21.4. The van der Waals surface area contributed by atoms with Gasteiger partial charge in [0.05, 0.1) is 12.0 Å². The van der Waals surface area contributed by atoms with Gasteiger partial charge in [-0.2, -0.15) is 5.90 Å². The number of carbonyl (C=O) groups excluding carboxylic acids is 1. The summed E-state index contributed by atoms with van der Waals surface area (Å²) in [5.41, 5.74) is 0.553. The molecule has 0 spiro atoms. The summed E-state index contributed by atoms with van der Waals surface area (Å²) in [5.74, 6) is 10.5. The molecule has 1 aromatic heterocycles. The Bertz CT molecular complexity index is 1010. The maximum Gasteiger partial charge on any atom is 0.347 e. The quantitative estimate of drug-likeness (QED) is 0.340. The number of ether oxygens (including phenoxy) is 1. The van der Waals surface area contributed by atoms with E-state index in [2.05, 4.69) is 28.6 Å². The van der Waals surface area contributed by atoms with Crippen molar-refractivity contribution in [2.24, 2.45) is 5.90 Å². The van der Waals surface area contributed by atoms with E-state index in [4.69, 9.17) is 10.6 Å². The van der Waals surface area contributed by atoms with Gasteiger partial charge in [-0.25, -0.2) is 13.2 Å². The minimum absolute atomic E-state index is 0.0460. The third-order valence-corrected chi connectivity index (χ3v) is 7.36. The Morgan fingerprint density at radius 2 is 1.90 bits per heavy atom. The lowest BCUT2D eigenvalue weighted by Crippen LogP contribution is -2.50. The van der Waals surface area contributed by atoms with E-state index in [1.54, 1.807) is 18.3 Å². The van der Waals surface area contributed by atoms with Crippen molar-refractivity contribution in [3.8, 4) is 17.6 Å². The molecule has 166 valence electrons. The summed E-state index contributed by atoms with van der Waals surface area (Å²) < 4.78 is 30.6. The van der Waals surface area contributed by atoms with Crippen LogP contribution in [0.15, 0.2) is 53.7 Å². The van der Waals surface area contributed by atoms with Crippen molar-refractivity contribution in [2.45, 2.75) is 55.1 Å². The van der Waals surface area contributed by atoms with E-state index < -0.39 is 20.6 Å². The molecule has 1 heterocycles. The molecular weight excluding hydrogens is 416 g/mol. The third-order valence-electron chi connectivity index (χ3n) is 4.98. The number of methoxy groups -OCH3 is 1. The van der Waals surface area contributed by atoms with Crippen molar-refractivity contribution >= 4 is 15.8 Å². The highest BCUT2D eigenvalue weighted by Crippen LogP contribution is 2.34. The van der Waals surface area contributed by atoms with Gasteiger partial charge in [-0.1, -0.05) is 25.8 Å². The van der Waals surface area contributed by atoms with Gasteiger partial charge in [0.25, 0.3) is 0 Å². The molecule has 0 amide bonds. The number of benzene rings is 1. The monoisotopic (exact) mass is 444 g/mol. The molecule has 0 aliphatic rings. The van der Waals surface area contributed by atoms with E-state index in [9.17, 15) is 13.2 Å². The van der Waals surface area contributed by atoms with Gasteiger partial charge in [-0.3, -0.25) is 4.98 Å². The molecule has 0 aliphatic heterocycles. The molecule has 1 unspecified atom stereocenters. The normalized spacial score (nSPS) is 12.9. The van der Waals surface area contributed by atoms with E-state index in [1.165, 1.54) is 37.6 Å². The van der Waals surface area contributed by atoms with Crippen LogP contribution in [0.5, 0.6) is 5.75 Å². The molecule has 0 aliphatic carbocycles. The zero-order chi connectivity index (χ0) is 22.7. The maximum atomic E-state index is 13.7. The largest absolute Gasteiger partial charge is 0.497 e. The van der Waals surface area contributed by atoms with Crippen LogP contribution >= 0.6 is 0 Å². The first-order valence-corrected chi connectivity index (χ1v) is 11.5. The van der Waals surface area contributed by atoms with E-state index >= 15 is 0 Å². The zero-order valence-corrected chi connectivity index (χ0v) is 18.7. The number of pyridine rings is 1. The van der Waals surface area contributed by atoms with Gasteiger partial charge < -0.3 is 9.57 Å². The summed E-state index contributed by atoms with van der Waals surface area (Å²) in [7, 11) is -2.75. The first-order valence-electron chi connectivity index (χ1n) is 10.1.